The molecule has 2 saturated heterocycles. The van der Waals surface area contributed by atoms with Gasteiger partial charge in [-0.25, -0.2) is 0 Å². The van der Waals surface area contributed by atoms with Crippen LogP contribution in [0.4, 0.5) is 0 Å². The van der Waals surface area contributed by atoms with Crippen molar-refractivity contribution in [2.24, 2.45) is 0 Å². The molecule has 0 aliphatic carbocycles. The largest absolute Gasteiger partial charge is 0.335 e. The molecule has 2 aliphatic rings. The molecule has 2 fully saturated rings. The molecule has 2 aliphatic heterocycles. The predicted molar refractivity (Wildman–Crippen MR) is 73.1 cm³/mol. The third-order valence-electron chi connectivity index (χ3n) is 3.98. The van der Waals surface area contributed by atoms with Crippen molar-refractivity contribution in [3.05, 3.63) is 29.6 Å². The Bertz CT molecular complexity index is 447. The molecule has 0 spiro atoms. The molecule has 0 bridgehead atoms. The van der Waals surface area contributed by atoms with Gasteiger partial charge in [0.2, 0.25) is 0 Å². The van der Waals surface area contributed by atoms with E-state index in [9.17, 15) is 4.79 Å². The predicted octanol–water partition coefficient (Wildman–Crippen LogP) is 0.120. The van der Waals surface area contributed by atoms with Crippen molar-refractivity contribution in [2.75, 3.05) is 39.3 Å². The number of carbonyl (C=O) groups is 1. The van der Waals surface area contributed by atoms with Crippen LogP contribution in [0.5, 0.6) is 0 Å². The number of nitrogens with one attached hydrogen (secondary N) is 1. The zero-order valence-electron chi connectivity index (χ0n) is 11.3. The highest BCUT2D eigenvalue weighted by Gasteiger charge is 2.35. The molecule has 102 valence electrons. The maximum absolute atomic E-state index is 12.2. The van der Waals surface area contributed by atoms with Crippen LogP contribution in [-0.4, -0.2) is 66.0 Å². The smallest absolute Gasteiger partial charge is 0.255 e. The fourth-order valence-corrected chi connectivity index (χ4v) is 2.68. The molecule has 19 heavy (non-hydrogen) atoms. The number of amides is 1. The van der Waals surface area contributed by atoms with E-state index in [1.165, 1.54) is 0 Å². The van der Waals surface area contributed by atoms with E-state index in [1.54, 1.807) is 6.20 Å². The van der Waals surface area contributed by atoms with Crippen LogP contribution in [-0.2, 0) is 0 Å². The first-order valence-corrected chi connectivity index (χ1v) is 6.91. The maximum Gasteiger partial charge on any atom is 0.255 e. The summed E-state index contributed by atoms with van der Waals surface area (Å²) in [7, 11) is 0. The van der Waals surface area contributed by atoms with Crippen molar-refractivity contribution in [2.45, 2.75) is 13.0 Å². The van der Waals surface area contributed by atoms with Crippen LogP contribution in [0.2, 0.25) is 0 Å². The van der Waals surface area contributed by atoms with Crippen LogP contribution >= 0.6 is 0 Å². The second-order valence-corrected chi connectivity index (χ2v) is 5.34. The number of hydrogen-bond donors (Lipinski definition) is 1. The summed E-state index contributed by atoms with van der Waals surface area (Å²) in [4.78, 5) is 20.8. The first kappa shape index (κ1) is 12.6. The first-order chi connectivity index (χ1) is 9.24. The lowest BCUT2D eigenvalue weighted by Gasteiger charge is -2.46. The Morgan fingerprint density at radius 2 is 2.05 bits per heavy atom. The highest BCUT2D eigenvalue weighted by molar-refractivity contribution is 5.94. The van der Waals surface area contributed by atoms with Gasteiger partial charge in [0, 0.05) is 57.2 Å². The number of pyridine rings is 1. The van der Waals surface area contributed by atoms with Gasteiger partial charge in [-0.3, -0.25) is 14.7 Å². The maximum atomic E-state index is 12.2. The topological polar surface area (TPSA) is 48.5 Å². The van der Waals surface area contributed by atoms with E-state index in [2.05, 4.69) is 15.2 Å². The van der Waals surface area contributed by atoms with Gasteiger partial charge in [0.05, 0.1) is 5.56 Å². The van der Waals surface area contributed by atoms with Gasteiger partial charge < -0.3 is 10.2 Å². The van der Waals surface area contributed by atoms with Crippen LogP contribution < -0.4 is 5.32 Å². The molecule has 0 atom stereocenters. The minimum absolute atomic E-state index is 0.110. The second kappa shape index (κ2) is 5.27. The van der Waals surface area contributed by atoms with Gasteiger partial charge in [-0.1, -0.05) is 0 Å². The molecule has 0 radical (unpaired) electrons. The first-order valence-electron chi connectivity index (χ1n) is 6.91. The summed E-state index contributed by atoms with van der Waals surface area (Å²) in [6.45, 7) is 7.95. The zero-order valence-corrected chi connectivity index (χ0v) is 11.3. The molecule has 3 rings (SSSR count). The molecular formula is C14H20N4O. The van der Waals surface area contributed by atoms with E-state index < -0.39 is 0 Å². The molecule has 0 aromatic carbocycles. The van der Waals surface area contributed by atoms with Crippen molar-refractivity contribution in [3.8, 4) is 0 Å². The SMILES string of the molecule is Cc1ccc(C(=O)N2CC(N3CCNCC3)C2)cn1. The van der Waals surface area contributed by atoms with Gasteiger partial charge in [-0.15, -0.1) is 0 Å². The van der Waals surface area contributed by atoms with E-state index in [-0.39, 0.29) is 5.91 Å². The zero-order chi connectivity index (χ0) is 13.2. The van der Waals surface area contributed by atoms with E-state index in [4.69, 9.17) is 0 Å². The molecular weight excluding hydrogens is 240 g/mol. The van der Waals surface area contributed by atoms with Crippen molar-refractivity contribution in [3.63, 3.8) is 0 Å². The highest BCUT2D eigenvalue weighted by Crippen LogP contribution is 2.18. The average Bonchev–Trinajstić information content (AvgIpc) is 2.39. The summed E-state index contributed by atoms with van der Waals surface area (Å²) in [6, 6.07) is 4.30. The number of piperazine rings is 1. The summed E-state index contributed by atoms with van der Waals surface area (Å²) in [5.74, 6) is 0.110. The summed E-state index contributed by atoms with van der Waals surface area (Å²) in [6.07, 6.45) is 1.68. The van der Waals surface area contributed by atoms with Crippen LogP contribution in [0.1, 0.15) is 16.1 Å². The third-order valence-corrected chi connectivity index (χ3v) is 3.98. The molecule has 5 nitrogen and oxygen atoms in total. The minimum atomic E-state index is 0.110. The molecule has 1 N–H and O–H groups in total. The standard InChI is InChI=1S/C14H20N4O/c1-11-2-3-12(8-16-11)14(19)18-9-13(10-18)17-6-4-15-5-7-17/h2-3,8,13,15H,4-7,9-10H2,1H3. The number of carbonyl (C=O) groups excluding carboxylic acids is 1. The lowest BCUT2D eigenvalue weighted by atomic mass is 10.0. The Morgan fingerprint density at radius 1 is 1.32 bits per heavy atom. The van der Waals surface area contributed by atoms with Crippen LogP contribution in [0.15, 0.2) is 18.3 Å². The Hall–Kier alpha value is -1.46. The number of hydrogen-bond acceptors (Lipinski definition) is 4. The van der Waals surface area contributed by atoms with E-state index in [1.807, 2.05) is 24.0 Å². The van der Waals surface area contributed by atoms with Gasteiger partial charge in [-0.05, 0) is 19.1 Å². The molecule has 1 aromatic rings. The summed E-state index contributed by atoms with van der Waals surface area (Å²) in [5.41, 5.74) is 1.64. The fraction of sp³-hybridized carbons (Fsp3) is 0.571. The quantitative estimate of drug-likeness (QED) is 0.820. The van der Waals surface area contributed by atoms with Crippen LogP contribution in [0.25, 0.3) is 0 Å². The number of rotatable bonds is 2. The summed E-state index contributed by atoms with van der Waals surface area (Å²) >= 11 is 0. The van der Waals surface area contributed by atoms with Gasteiger partial charge >= 0.3 is 0 Å². The fourth-order valence-electron chi connectivity index (χ4n) is 2.68. The van der Waals surface area contributed by atoms with Crippen LogP contribution in [0, 0.1) is 6.92 Å². The van der Waals surface area contributed by atoms with Crippen molar-refractivity contribution >= 4 is 5.91 Å². The number of nitrogens with zero attached hydrogens (tertiary/aromatic N) is 3. The summed E-state index contributed by atoms with van der Waals surface area (Å²) in [5, 5.41) is 3.35. The van der Waals surface area contributed by atoms with Gasteiger partial charge in [-0.2, -0.15) is 0 Å². The molecule has 0 saturated carbocycles. The molecule has 3 heterocycles. The average molecular weight is 260 g/mol. The number of likely N-dealkylation sites (tertiary alicyclic amines) is 1. The van der Waals surface area contributed by atoms with Crippen molar-refractivity contribution in [1.29, 1.82) is 0 Å². The normalized spacial score (nSPS) is 21.2. The lowest BCUT2D eigenvalue weighted by molar-refractivity contribution is 0.0227. The lowest BCUT2D eigenvalue weighted by Crippen LogP contribution is -2.63. The van der Waals surface area contributed by atoms with E-state index in [0.29, 0.717) is 11.6 Å². The third kappa shape index (κ3) is 2.62. The second-order valence-electron chi connectivity index (χ2n) is 5.34. The summed E-state index contributed by atoms with van der Waals surface area (Å²) < 4.78 is 0. The Morgan fingerprint density at radius 3 is 2.68 bits per heavy atom. The van der Waals surface area contributed by atoms with Gasteiger partial charge in [0.25, 0.3) is 5.91 Å². The van der Waals surface area contributed by atoms with Crippen molar-refractivity contribution in [1.82, 2.24) is 20.1 Å². The molecule has 0 unspecified atom stereocenters. The van der Waals surface area contributed by atoms with E-state index >= 15 is 0 Å². The monoisotopic (exact) mass is 260 g/mol. The molecule has 5 heteroatoms. The molecule has 1 aromatic heterocycles. The Kier molecular flexibility index (Phi) is 3.48. The number of aromatic nitrogens is 1. The van der Waals surface area contributed by atoms with Gasteiger partial charge in [0.1, 0.15) is 0 Å². The molecule has 1 amide bonds. The number of aryl methyl sites for hydroxylation is 1. The Balaban J connectivity index is 1.55. The Labute approximate surface area is 113 Å². The van der Waals surface area contributed by atoms with Crippen LogP contribution in [0.3, 0.4) is 0 Å². The minimum Gasteiger partial charge on any atom is -0.335 e. The highest BCUT2D eigenvalue weighted by atomic mass is 16.2. The van der Waals surface area contributed by atoms with Crippen molar-refractivity contribution < 1.29 is 4.79 Å². The van der Waals surface area contributed by atoms with E-state index in [0.717, 1.165) is 45.0 Å². The van der Waals surface area contributed by atoms with Gasteiger partial charge in [0.15, 0.2) is 0 Å².